The van der Waals surface area contributed by atoms with Crippen LogP contribution in [0.2, 0.25) is 0 Å². The monoisotopic (exact) mass is 422 g/mol. The second-order valence-corrected chi connectivity index (χ2v) is 9.47. The van der Waals surface area contributed by atoms with Crippen molar-refractivity contribution in [1.82, 2.24) is 9.88 Å². The van der Waals surface area contributed by atoms with Crippen LogP contribution in [0.3, 0.4) is 0 Å². The molecule has 0 unspecified atom stereocenters. The Kier molecular flexibility index (Phi) is 7.04. The summed E-state index contributed by atoms with van der Waals surface area (Å²) < 4.78 is 7.97. The van der Waals surface area contributed by atoms with E-state index in [0.717, 1.165) is 48.5 Å². The first-order chi connectivity index (χ1) is 15.1. The Bertz CT molecular complexity index is 902. The minimum Gasteiger partial charge on any atom is -0.497 e. The first-order valence-corrected chi connectivity index (χ1v) is 12.3. The summed E-state index contributed by atoms with van der Waals surface area (Å²) in [6.45, 7) is 5.32. The predicted octanol–water partition coefficient (Wildman–Crippen LogP) is 6.29. The van der Waals surface area contributed by atoms with Crippen LogP contribution in [-0.4, -0.2) is 23.6 Å². The summed E-state index contributed by atoms with van der Waals surface area (Å²) in [7, 11) is 1.72. The molecule has 4 rings (SSSR count). The molecule has 2 fully saturated rings. The molecule has 0 saturated heterocycles. The van der Waals surface area contributed by atoms with E-state index in [-0.39, 0.29) is 5.91 Å². The van der Waals surface area contributed by atoms with Gasteiger partial charge in [0.15, 0.2) is 0 Å². The van der Waals surface area contributed by atoms with Crippen molar-refractivity contribution < 1.29 is 9.53 Å². The van der Waals surface area contributed by atoms with Crippen LogP contribution >= 0.6 is 0 Å². The fourth-order valence-corrected chi connectivity index (χ4v) is 5.52. The van der Waals surface area contributed by atoms with Crippen molar-refractivity contribution in [3.05, 3.63) is 41.1 Å². The van der Waals surface area contributed by atoms with Crippen LogP contribution in [0.4, 0.5) is 0 Å². The molecular formula is C27H38N2O2. The van der Waals surface area contributed by atoms with Gasteiger partial charge in [0, 0.05) is 29.5 Å². The van der Waals surface area contributed by atoms with Gasteiger partial charge in [0.1, 0.15) is 5.75 Å². The average Bonchev–Trinajstić information content (AvgIpc) is 3.42. The molecule has 0 aliphatic heterocycles. The lowest BCUT2D eigenvalue weighted by atomic mass is 9.89. The topological polar surface area (TPSA) is 43.3 Å². The summed E-state index contributed by atoms with van der Waals surface area (Å²) in [6.07, 6.45) is 12.2. The summed E-state index contributed by atoms with van der Waals surface area (Å²) in [4.78, 5) is 13.2. The van der Waals surface area contributed by atoms with E-state index in [2.05, 4.69) is 41.9 Å². The zero-order chi connectivity index (χ0) is 21.8. The molecule has 0 radical (unpaired) electrons. The molecule has 1 aromatic heterocycles. The van der Waals surface area contributed by atoms with Gasteiger partial charge >= 0.3 is 0 Å². The van der Waals surface area contributed by atoms with Gasteiger partial charge in [0.2, 0.25) is 0 Å². The van der Waals surface area contributed by atoms with Crippen molar-refractivity contribution in [3.8, 4) is 17.0 Å². The first-order valence-electron chi connectivity index (χ1n) is 12.3. The molecule has 1 amide bonds. The quantitative estimate of drug-likeness (QED) is 0.570. The number of carbonyl (C=O) groups excluding carboxylic acids is 1. The van der Waals surface area contributed by atoms with E-state index in [1.807, 2.05) is 6.07 Å². The zero-order valence-electron chi connectivity index (χ0n) is 19.5. The Balaban J connectivity index is 1.74. The van der Waals surface area contributed by atoms with Crippen LogP contribution in [0, 0.1) is 12.8 Å². The van der Waals surface area contributed by atoms with E-state index in [1.165, 1.54) is 56.1 Å². The number of carbonyl (C=O) groups is 1. The van der Waals surface area contributed by atoms with Gasteiger partial charge in [-0.3, -0.25) is 4.79 Å². The fourth-order valence-electron chi connectivity index (χ4n) is 5.52. The maximum atomic E-state index is 13.2. The summed E-state index contributed by atoms with van der Waals surface area (Å²) in [6, 6.07) is 8.82. The molecule has 4 nitrogen and oxygen atoms in total. The Morgan fingerprint density at radius 2 is 1.77 bits per heavy atom. The molecule has 1 aromatic carbocycles. The standard InChI is InChI=1S/C27H38N2O2/c1-4-21-14-15-23(31-3)16-25(21)26-17-24(27(30)28-22-12-8-9-13-22)19(2)29(26)18-20-10-6-5-7-11-20/h14-17,20,22H,4-13,18H2,1-3H3,(H,28,30). The van der Waals surface area contributed by atoms with E-state index in [9.17, 15) is 4.79 Å². The van der Waals surface area contributed by atoms with Gasteiger partial charge in [-0.05, 0) is 68.7 Å². The molecule has 2 aromatic rings. The number of benzene rings is 1. The van der Waals surface area contributed by atoms with Crippen LogP contribution in [-0.2, 0) is 13.0 Å². The molecule has 31 heavy (non-hydrogen) atoms. The Hall–Kier alpha value is -2.23. The number of rotatable bonds is 7. The van der Waals surface area contributed by atoms with Crippen molar-refractivity contribution in [1.29, 1.82) is 0 Å². The van der Waals surface area contributed by atoms with E-state index >= 15 is 0 Å². The molecule has 168 valence electrons. The highest BCUT2D eigenvalue weighted by Crippen LogP contribution is 2.35. The third kappa shape index (κ3) is 4.83. The van der Waals surface area contributed by atoms with Crippen LogP contribution in [0.25, 0.3) is 11.3 Å². The lowest BCUT2D eigenvalue weighted by molar-refractivity contribution is 0.0937. The summed E-state index contributed by atoms with van der Waals surface area (Å²) in [5, 5.41) is 3.31. The Morgan fingerprint density at radius 3 is 2.45 bits per heavy atom. The fraction of sp³-hybridized carbons (Fsp3) is 0.593. The highest BCUT2D eigenvalue weighted by molar-refractivity contribution is 5.97. The number of methoxy groups -OCH3 is 1. The minimum absolute atomic E-state index is 0.0917. The molecule has 2 saturated carbocycles. The largest absolute Gasteiger partial charge is 0.497 e. The highest BCUT2D eigenvalue weighted by Gasteiger charge is 2.25. The van der Waals surface area contributed by atoms with Crippen LogP contribution in [0.1, 0.15) is 86.3 Å². The number of aryl methyl sites for hydroxylation is 1. The summed E-state index contributed by atoms with van der Waals surface area (Å²) >= 11 is 0. The number of aromatic nitrogens is 1. The lowest BCUT2D eigenvalue weighted by Gasteiger charge is -2.25. The van der Waals surface area contributed by atoms with Gasteiger partial charge in [-0.25, -0.2) is 0 Å². The SMILES string of the molecule is CCc1ccc(OC)cc1-c1cc(C(=O)NC2CCCC2)c(C)n1CC1CCCCC1. The van der Waals surface area contributed by atoms with E-state index in [0.29, 0.717) is 12.0 Å². The number of hydrogen-bond acceptors (Lipinski definition) is 2. The van der Waals surface area contributed by atoms with Gasteiger partial charge in [-0.15, -0.1) is 0 Å². The van der Waals surface area contributed by atoms with E-state index in [4.69, 9.17) is 4.74 Å². The highest BCUT2D eigenvalue weighted by atomic mass is 16.5. The normalized spacial score (nSPS) is 17.8. The van der Waals surface area contributed by atoms with Crippen molar-refractivity contribution in [2.45, 2.75) is 90.6 Å². The molecule has 1 heterocycles. The molecule has 0 bridgehead atoms. The van der Waals surface area contributed by atoms with Crippen molar-refractivity contribution in [3.63, 3.8) is 0 Å². The number of amides is 1. The van der Waals surface area contributed by atoms with Crippen LogP contribution in [0.15, 0.2) is 24.3 Å². The number of nitrogens with zero attached hydrogens (tertiary/aromatic N) is 1. The molecule has 2 aliphatic rings. The predicted molar refractivity (Wildman–Crippen MR) is 127 cm³/mol. The van der Waals surface area contributed by atoms with Gasteiger partial charge in [-0.1, -0.05) is 45.1 Å². The Morgan fingerprint density at radius 1 is 1.06 bits per heavy atom. The van der Waals surface area contributed by atoms with Crippen molar-refractivity contribution >= 4 is 5.91 Å². The first kappa shape index (κ1) is 22.0. The van der Waals surface area contributed by atoms with Crippen LogP contribution < -0.4 is 10.1 Å². The second kappa shape index (κ2) is 9.93. The maximum absolute atomic E-state index is 13.2. The zero-order valence-corrected chi connectivity index (χ0v) is 19.5. The molecular weight excluding hydrogens is 384 g/mol. The second-order valence-electron chi connectivity index (χ2n) is 9.47. The minimum atomic E-state index is 0.0917. The molecule has 0 atom stereocenters. The van der Waals surface area contributed by atoms with Crippen LogP contribution in [0.5, 0.6) is 5.75 Å². The molecule has 2 aliphatic carbocycles. The van der Waals surface area contributed by atoms with E-state index < -0.39 is 0 Å². The molecule has 1 N–H and O–H groups in total. The lowest BCUT2D eigenvalue weighted by Crippen LogP contribution is -2.32. The van der Waals surface area contributed by atoms with Gasteiger partial charge in [0.25, 0.3) is 5.91 Å². The van der Waals surface area contributed by atoms with E-state index in [1.54, 1.807) is 7.11 Å². The number of hydrogen-bond donors (Lipinski definition) is 1. The van der Waals surface area contributed by atoms with Crippen molar-refractivity contribution in [2.24, 2.45) is 5.92 Å². The Labute approximate surface area is 187 Å². The third-order valence-electron chi connectivity index (χ3n) is 7.44. The summed E-state index contributed by atoms with van der Waals surface area (Å²) in [5.74, 6) is 1.65. The van der Waals surface area contributed by atoms with Gasteiger partial charge in [-0.2, -0.15) is 0 Å². The smallest absolute Gasteiger partial charge is 0.253 e. The third-order valence-corrected chi connectivity index (χ3v) is 7.44. The van der Waals surface area contributed by atoms with Crippen molar-refractivity contribution in [2.75, 3.05) is 7.11 Å². The van der Waals surface area contributed by atoms with Gasteiger partial charge < -0.3 is 14.6 Å². The average molecular weight is 423 g/mol. The van der Waals surface area contributed by atoms with Gasteiger partial charge in [0.05, 0.1) is 12.7 Å². The number of ether oxygens (including phenoxy) is 1. The summed E-state index contributed by atoms with van der Waals surface area (Å²) in [5.41, 5.74) is 5.59. The maximum Gasteiger partial charge on any atom is 0.253 e. The number of nitrogens with one attached hydrogen (secondary N) is 1. The molecule has 0 spiro atoms. The molecule has 4 heteroatoms.